The summed E-state index contributed by atoms with van der Waals surface area (Å²) in [4.78, 5) is 21.9. The number of likely N-dealkylation sites (tertiary alicyclic amines) is 1. The lowest BCUT2D eigenvalue weighted by molar-refractivity contribution is 0.150. The highest BCUT2D eigenvalue weighted by molar-refractivity contribution is 5.74. The standard InChI is InChI=1S/C19H18FN5O2/c20-19(17-23-16(27-24-17)15-6-9-21-10-7-15)8-11-25(13-19)18(26)22-12-14-4-2-1-3-5-14/h1-7,9-10H,8,11-13H2,(H,22,26). The Morgan fingerprint density at radius 1 is 1.22 bits per heavy atom. The van der Waals surface area contributed by atoms with Gasteiger partial charge in [0.1, 0.15) is 0 Å². The molecule has 1 fully saturated rings. The Bertz CT molecular complexity index is 918. The van der Waals surface area contributed by atoms with Gasteiger partial charge in [0.25, 0.3) is 5.89 Å². The number of hydrogen-bond acceptors (Lipinski definition) is 5. The number of hydrogen-bond donors (Lipinski definition) is 1. The summed E-state index contributed by atoms with van der Waals surface area (Å²) >= 11 is 0. The second kappa shape index (κ2) is 7.14. The van der Waals surface area contributed by atoms with E-state index in [9.17, 15) is 4.79 Å². The highest BCUT2D eigenvalue weighted by Crippen LogP contribution is 2.35. The molecule has 138 valence electrons. The van der Waals surface area contributed by atoms with Crippen molar-refractivity contribution in [1.29, 1.82) is 0 Å². The van der Waals surface area contributed by atoms with Crippen molar-refractivity contribution in [2.45, 2.75) is 18.6 Å². The fourth-order valence-corrected chi connectivity index (χ4v) is 3.03. The second-order valence-electron chi connectivity index (χ2n) is 6.44. The molecule has 2 aromatic heterocycles. The van der Waals surface area contributed by atoms with Crippen LogP contribution in [-0.4, -0.2) is 39.1 Å². The van der Waals surface area contributed by atoms with Crippen molar-refractivity contribution in [1.82, 2.24) is 25.3 Å². The molecule has 27 heavy (non-hydrogen) atoms. The van der Waals surface area contributed by atoms with E-state index in [1.807, 2.05) is 30.3 Å². The largest absolute Gasteiger partial charge is 0.334 e. The summed E-state index contributed by atoms with van der Waals surface area (Å²) in [5.74, 6) is 0.198. The molecular formula is C19H18FN5O2. The normalized spacial score (nSPS) is 19.2. The molecular weight excluding hydrogens is 349 g/mol. The van der Waals surface area contributed by atoms with E-state index in [4.69, 9.17) is 4.52 Å². The first-order valence-electron chi connectivity index (χ1n) is 8.64. The third kappa shape index (κ3) is 3.64. The van der Waals surface area contributed by atoms with Gasteiger partial charge in [-0.05, 0) is 17.7 Å². The number of carbonyl (C=O) groups excluding carboxylic acids is 1. The first-order chi connectivity index (χ1) is 13.1. The third-order valence-electron chi connectivity index (χ3n) is 4.55. The highest BCUT2D eigenvalue weighted by atomic mass is 19.1. The molecule has 0 spiro atoms. The molecule has 3 aromatic rings. The van der Waals surface area contributed by atoms with Crippen LogP contribution >= 0.6 is 0 Å². The molecule has 1 saturated heterocycles. The van der Waals surface area contributed by atoms with Crippen LogP contribution in [0.1, 0.15) is 17.8 Å². The smallest absolute Gasteiger partial charge is 0.317 e. The number of aromatic nitrogens is 3. The number of halogens is 1. The van der Waals surface area contributed by atoms with Crippen LogP contribution in [0.5, 0.6) is 0 Å². The van der Waals surface area contributed by atoms with Crippen LogP contribution in [0.2, 0.25) is 0 Å². The maximum absolute atomic E-state index is 15.3. The topological polar surface area (TPSA) is 84.2 Å². The Morgan fingerprint density at radius 2 is 2.00 bits per heavy atom. The van der Waals surface area contributed by atoms with Gasteiger partial charge in [-0.25, -0.2) is 9.18 Å². The van der Waals surface area contributed by atoms with Crippen molar-refractivity contribution in [3.05, 3.63) is 66.2 Å². The first-order valence-corrected chi connectivity index (χ1v) is 8.64. The van der Waals surface area contributed by atoms with Gasteiger partial charge in [-0.3, -0.25) is 4.98 Å². The van der Waals surface area contributed by atoms with Crippen molar-refractivity contribution in [2.24, 2.45) is 0 Å². The maximum Gasteiger partial charge on any atom is 0.317 e. The number of amides is 2. The Hall–Kier alpha value is -3.29. The maximum atomic E-state index is 15.3. The van der Waals surface area contributed by atoms with E-state index in [1.54, 1.807) is 24.5 Å². The van der Waals surface area contributed by atoms with E-state index >= 15 is 4.39 Å². The molecule has 0 bridgehead atoms. The van der Waals surface area contributed by atoms with Crippen molar-refractivity contribution in [3.8, 4) is 11.5 Å². The van der Waals surface area contributed by atoms with Crippen molar-refractivity contribution in [2.75, 3.05) is 13.1 Å². The number of rotatable bonds is 4. The molecule has 4 rings (SSSR count). The van der Waals surface area contributed by atoms with Gasteiger partial charge in [-0.15, -0.1) is 0 Å². The van der Waals surface area contributed by atoms with Crippen molar-refractivity contribution in [3.63, 3.8) is 0 Å². The van der Waals surface area contributed by atoms with Crippen LogP contribution < -0.4 is 5.32 Å². The third-order valence-corrected chi connectivity index (χ3v) is 4.55. The summed E-state index contributed by atoms with van der Waals surface area (Å²) in [6, 6.07) is 12.7. The average Bonchev–Trinajstić information content (AvgIpc) is 3.36. The molecule has 1 atom stereocenters. The zero-order chi connectivity index (χ0) is 18.7. The van der Waals surface area contributed by atoms with E-state index in [0.29, 0.717) is 12.1 Å². The van der Waals surface area contributed by atoms with Crippen molar-refractivity contribution >= 4 is 6.03 Å². The predicted molar refractivity (Wildman–Crippen MR) is 95.2 cm³/mol. The molecule has 7 nitrogen and oxygen atoms in total. The molecule has 1 aliphatic heterocycles. The molecule has 0 aliphatic carbocycles. The molecule has 0 saturated carbocycles. The molecule has 3 heterocycles. The quantitative estimate of drug-likeness (QED) is 0.766. The van der Waals surface area contributed by atoms with Gasteiger partial charge >= 0.3 is 6.03 Å². The van der Waals surface area contributed by atoms with E-state index in [0.717, 1.165) is 5.56 Å². The van der Waals surface area contributed by atoms with Crippen LogP contribution in [0.4, 0.5) is 9.18 Å². The van der Waals surface area contributed by atoms with Crippen LogP contribution in [0.25, 0.3) is 11.5 Å². The SMILES string of the molecule is O=C(NCc1ccccc1)N1CCC(F)(c2noc(-c3ccncc3)n2)C1. The molecule has 1 unspecified atom stereocenters. The minimum absolute atomic E-state index is 0.0346. The average molecular weight is 367 g/mol. The predicted octanol–water partition coefficient (Wildman–Crippen LogP) is 2.91. The lowest BCUT2D eigenvalue weighted by Gasteiger charge is -2.19. The Morgan fingerprint density at radius 3 is 2.78 bits per heavy atom. The van der Waals surface area contributed by atoms with Crippen LogP contribution in [0, 0.1) is 0 Å². The molecule has 1 N–H and O–H groups in total. The fraction of sp³-hybridized carbons (Fsp3) is 0.263. The van der Waals surface area contributed by atoms with Crippen LogP contribution in [-0.2, 0) is 12.2 Å². The van der Waals surface area contributed by atoms with Gasteiger partial charge in [0.05, 0.1) is 6.54 Å². The molecule has 1 aliphatic rings. The fourth-order valence-electron chi connectivity index (χ4n) is 3.03. The Balaban J connectivity index is 1.40. The molecule has 2 amide bonds. The molecule has 8 heteroatoms. The van der Waals surface area contributed by atoms with E-state index in [2.05, 4.69) is 20.4 Å². The number of nitrogens with one attached hydrogen (secondary N) is 1. The monoisotopic (exact) mass is 367 g/mol. The van der Waals surface area contributed by atoms with Gasteiger partial charge in [-0.1, -0.05) is 35.5 Å². The number of pyridine rings is 1. The summed E-state index contributed by atoms with van der Waals surface area (Å²) < 4.78 is 20.5. The number of nitrogens with zero attached hydrogens (tertiary/aromatic N) is 4. The minimum atomic E-state index is -1.82. The Kier molecular flexibility index (Phi) is 4.53. The lowest BCUT2D eigenvalue weighted by atomic mass is 10.1. The van der Waals surface area contributed by atoms with Crippen LogP contribution in [0.3, 0.4) is 0 Å². The summed E-state index contributed by atoms with van der Waals surface area (Å²) in [6.45, 7) is 0.572. The Labute approximate surface area is 155 Å². The number of carbonyl (C=O) groups is 1. The van der Waals surface area contributed by atoms with Crippen molar-refractivity contribution < 1.29 is 13.7 Å². The molecule has 1 aromatic carbocycles. The van der Waals surface area contributed by atoms with Gasteiger partial charge in [0.15, 0.2) is 5.67 Å². The van der Waals surface area contributed by atoms with Crippen LogP contribution in [0.15, 0.2) is 59.4 Å². The van der Waals surface area contributed by atoms with Gasteiger partial charge in [-0.2, -0.15) is 4.98 Å². The zero-order valence-corrected chi connectivity index (χ0v) is 14.5. The van der Waals surface area contributed by atoms with E-state index in [-0.39, 0.29) is 37.3 Å². The van der Waals surface area contributed by atoms with Gasteiger partial charge < -0.3 is 14.7 Å². The summed E-state index contributed by atoms with van der Waals surface area (Å²) in [5, 5.41) is 6.60. The first kappa shape index (κ1) is 17.1. The van der Waals surface area contributed by atoms with E-state index in [1.165, 1.54) is 4.90 Å². The minimum Gasteiger partial charge on any atom is -0.334 e. The van der Waals surface area contributed by atoms with Gasteiger partial charge in [0, 0.05) is 37.5 Å². The lowest BCUT2D eigenvalue weighted by Crippen LogP contribution is -2.39. The number of urea groups is 1. The molecule has 0 radical (unpaired) electrons. The number of alkyl halides is 1. The van der Waals surface area contributed by atoms with Gasteiger partial charge in [0.2, 0.25) is 5.82 Å². The summed E-state index contributed by atoms with van der Waals surface area (Å²) in [7, 11) is 0. The number of benzene rings is 1. The highest BCUT2D eigenvalue weighted by Gasteiger charge is 2.45. The van der Waals surface area contributed by atoms with E-state index < -0.39 is 5.67 Å². The summed E-state index contributed by atoms with van der Waals surface area (Å²) in [6.07, 6.45) is 3.32. The zero-order valence-electron chi connectivity index (χ0n) is 14.5. The summed E-state index contributed by atoms with van der Waals surface area (Å²) in [5.41, 5.74) is -0.168. The second-order valence-corrected chi connectivity index (χ2v) is 6.44.